The van der Waals surface area contributed by atoms with Gasteiger partial charge in [-0.1, -0.05) is 6.92 Å². The number of aryl methyl sites for hydroxylation is 1. The van der Waals surface area contributed by atoms with E-state index in [4.69, 9.17) is 5.73 Å². The minimum Gasteiger partial charge on any atom is -0.347 e. The van der Waals surface area contributed by atoms with Gasteiger partial charge in [-0.2, -0.15) is 0 Å². The smallest absolute Gasteiger partial charge is 0.228 e. The highest BCUT2D eigenvalue weighted by molar-refractivity contribution is 7.09. The van der Waals surface area contributed by atoms with Gasteiger partial charge in [-0.05, 0) is 45.4 Å². The maximum Gasteiger partial charge on any atom is 0.228 e. The van der Waals surface area contributed by atoms with Gasteiger partial charge in [0, 0.05) is 17.6 Å². The van der Waals surface area contributed by atoms with Crippen molar-refractivity contribution in [2.24, 2.45) is 17.1 Å². The topological polar surface area (TPSA) is 68.0 Å². The fraction of sp³-hybridized carbons (Fsp3) is 0.733. The number of thiazole rings is 1. The fourth-order valence-corrected chi connectivity index (χ4v) is 3.62. The first kappa shape index (κ1) is 15.4. The average molecular weight is 295 g/mol. The normalized spacial score (nSPS) is 28.1. The molecular weight excluding hydrogens is 270 g/mol. The molecule has 1 saturated carbocycles. The van der Waals surface area contributed by atoms with Crippen molar-refractivity contribution in [3.63, 3.8) is 0 Å². The number of carbonyl (C=O) groups is 1. The number of nitrogens with zero attached hydrogens (tertiary/aromatic N) is 1. The molecule has 0 aliphatic heterocycles. The van der Waals surface area contributed by atoms with Gasteiger partial charge in [-0.25, -0.2) is 4.98 Å². The van der Waals surface area contributed by atoms with Crippen molar-refractivity contribution in [2.75, 3.05) is 6.54 Å². The molecule has 0 radical (unpaired) electrons. The second-order valence-corrected chi connectivity index (χ2v) is 7.08. The Hall–Kier alpha value is -0.940. The molecule has 4 nitrogen and oxygen atoms in total. The van der Waals surface area contributed by atoms with Crippen molar-refractivity contribution in [1.82, 2.24) is 10.3 Å². The molecule has 1 aliphatic carbocycles. The van der Waals surface area contributed by atoms with Crippen LogP contribution in [0.4, 0.5) is 0 Å². The Morgan fingerprint density at radius 3 is 2.75 bits per heavy atom. The van der Waals surface area contributed by atoms with Crippen molar-refractivity contribution in [3.8, 4) is 0 Å². The molecule has 1 fully saturated rings. The summed E-state index contributed by atoms with van der Waals surface area (Å²) in [4.78, 5) is 17.1. The van der Waals surface area contributed by atoms with E-state index in [9.17, 15) is 4.79 Å². The molecule has 0 spiro atoms. The third-order valence-corrected chi connectivity index (χ3v) is 5.60. The van der Waals surface area contributed by atoms with Crippen molar-refractivity contribution in [2.45, 2.75) is 52.5 Å². The van der Waals surface area contributed by atoms with E-state index in [1.807, 2.05) is 19.2 Å². The molecule has 1 amide bonds. The van der Waals surface area contributed by atoms with Gasteiger partial charge in [-0.3, -0.25) is 4.79 Å². The predicted molar refractivity (Wildman–Crippen MR) is 82.5 cm³/mol. The van der Waals surface area contributed by atoms with E-state index in [1.165, 1.54) is 0 Å². The van der Waals surface area contributed by atoms with Crippen molar-refractivity contribution >= 4 is 17.2 Å². The van der Waals surface area contributed by atoms with Crippen LogP contribution in [-0.4, -0.2) is 17.4 Å². The van der Waals surface area contributed by atoms with E-state index in [2.05, 4.69) is 17.2 Å². The molecule has 1 aromatic heterocycles. The van der Waals surface area contributed by atoms with Crippen LogP contribution in [0.25, 0.3) is 0 Å². The van der Waals surface area contributed by atoms with E-state index in [0.29, 0.717) is 12.5 Å². The summed E-state index contributed by atoms with van der Waals surface area (Å²) in [6.45, 7) is 6.65. The third kappa shape index (κ3) is 3.20. The standard InChI is InChI=1S/C15H25N3OS/c1-10-4-6-15(9-16,7-5-10)14(19)18-12(3)13-17-11(2)8-20-13/h8,10,12H,4-7,9,16H2,1-3H3,(H,18,19). The SMILES string of the molecule is Cc1csc(C(C)NC(=O)C2(CN)CCC(C)CC2)n1. The number of amides is 1. The van der Waals surface area contributed by atoms with Gasteiger partial charge in [0.15, 0.2) is 0 Å². The fourth-order valence-electron chi connectivity index (χ4n) is 2.82. The van der Waals surface area contributed by atoms with E-state index >= 15 is 0 Å². The van der Waals surface area contributed by atoms with Crippen molar-refractivity contribution < 1.29 is 4.79 Å². The van der Waals surface area contributed by atoms with Crippen LogP contribution in [0, 0.1) is 18.3 Å². The van der Waals surface area contributed by atoms with Crippen LogP contribution in [0.5, 0.6) is 0 Å². The van der Waals surface area contributed by atoms with E-state index < -0.39 is 0 Å². The van der Waals surface area contributed by atoms with Crippen LogP contribution < -0.4 is 11.1 Å². The summed E-state index contributed by atoms with van der Waals surface area (Å²) < 4.78 is 0. The average Bonchev–Trinajstić information content (AvgIpc) is 2.86. The first-order valence-electron chi connectivity index (χ1n) is 7.40. The summed E-state index contributed by atoms with van der Waals surface area (Å²) in [5, 5.41) is 6.09. The number of nitrogens with one attached hydrogen (secondary N) is 1. The van der Waals surface area contributed by atoms with Gasteiger partial charge in [0.05, 0.1) is 11.5 Å². The molecule has 1 atom stereocenters. The molecule has 5 heteroatoms. The van der Waals surface area contributed by atoms with Crippen molar-refractivity contribution in [3.05, 3.63) is 16.1 Å². The van der Waals surface area contributed by atoms with Crippen molar-refractivity contribution in [1.29, 1.82) is 0 Å². The first-order valence-corrected chi connectivity index (χ1v) is 8.28. The Morgan fingerprint density at radius 1 is 1.60 bits per heavy atom. The zero-order valence-electron chi connectivity index (χ0n) is 12.6. The van der Waals surface area contributed by atoms with Gasteiger partial charge in [0.1, 0.15) is 5.01 Å². The first-order chi connectivity index (χ1) is 9.47. The molecule has 1 unspecified atom stereocenters. The lowest BCUT2D eigenvalue weighted by Crippen LogP contribution is -2.48. The van der Waals surface area contributed by atoms with Crippen LogP contribution >= 0.6 is 11.3 Å². The van der Waals surface area contributed by atoms with E-state index in [-0.39, 0.29) is 17.4 Å². The Morgan fingerprint density at radius 2 is 2.25 bits per heavy atom. The van der Waals surface area contributed by atoms with Gasteiger partial charge in [0.2, 0.25) is 5.91 Å². The van der Waals surface area contributed by atoms with Gasteiger partial charge in [0.25, 0.3) is 0 Å². The molecule has 1 aromatic rings. The lowest BCUT2D eigenvalue weighted by Gasteiger charge is -2.37. The largest absolute Gasteiger partial charge is 0.347 e. The second-order valence-electron chi connectivity index (χ2n) is 6.19. The molecule has 0 saturated heterocycles. The monoisotopic (exact) mass is 295 g/mol. The highest BCUT2D eigenvalue weighted by atomic mass is 32.1. The maximum atomic E-state index is 12.6. The molecule has 0 aromatic carbocycles. The summed E-state index contributed by atoms with van der Waals surface area (Å²) in [5.41, 5.74) is 6.57. The molecule has 1 aliphatic rings. The molecule has 2 rings (SSSR count). The molecular formula is C15H25N3OS. The Balaban J connectivity index is 2.02. The Bertz CT molecular complexity index is 463. The number of carbonyl (C=O) groups excluding carboxylic acids is 1. The van der Waals surface area contributed by atoms with Crippen LogP contribution in [0.1, 0.15) is 56.3 Å². The summed E-state index contributed by atoms with van der Waals surface area (Å²) >= 11 is 1.60. The number of rotatable bonds is 4. The third-order valence-electron chi connectivity index (χ3n) is 4.46. The van der Waals surface area contributed by atoms with Gasteiger partial charge < -0.3 is 11.1 Å². The molecule has 1 heterocycles. The maximum absolute atomic E-state index is 12.6. The summed E-state index contributed by atoms with van der Waals surface area (Å²) in [7, 11) is 0. The molecule has 112 valence electrons. The molecule has 0 bridgehead atoms. The minimum absolute atomic E-state index is 0.0380. The summed E-state index contributed by atoms with van der Waals surface area (Å²) in [5.74, 6) is 0.814. The molecule has 20 heavy (non-hydrogen) atoms. The van der Waals surface area contributed by atoms with Crippen LogP contribution in [0.3, 0.4) is 0 Å². The zero-order chi connectivity index (χ0) is 14.8. The lowest BCUT2D eigenvalue weighted by atomic mass is 9.70. The van der Waals surface area contributed by atoms with Crippen LogP contribution in [0.15, 0.2) is 5.38 Å². The van der Waals surface area contributed by atoms with Crippen LogP contribution in [0.2, 0.25) is 0 Å². The Labute approximate surface area is 125 Å². The molecule has 3 N–H and O–H groups in total. The predicted octanol–water partition coefficient (Wildman–Crippen LogP) is 2.78. The lowest BCUT2D eigenvalue weighted by molar-refractivity contribution is -0.133. The number of hydrogen-bond donors (Lipinski definition) is 2. The Kier molecular flexibility index (Phi) is 4.81. The van der Waals surface area contributed by atoms with Gasteiger partial charge >= 0.3 is 0 Å². The zero-order valence-corrected chi connectivity index (χ0v) is 13.4. The van der Waals surface area contributed by atoms with E-state index in [1.54, 1.807) is 11.3 Å². The number of aromatic nitrogens is 1. The highest BCUT2D eigenvalue weighted by Crippen LogP contribution is 2.38. The summed E-state index contributed by atoms with van der Waals surface area (Å²) in [6.07, 6.45) is 3.99. The van der Waals surface area contributed by atoms with Gasteiger partial charge in [-0.15, -0.1) is 11.3 Å². The highest BCUT2D eigenvalue weighted by Gasteiger charge is 2.40. The van der Waals surface area contributed by atoms with E-state index in [0.717, 1.165) is 36.4 Å². The number of hydrogen-bond acceptors (Lipinski definition) is 4. The quantitative estimate of drug-likeness (QED) is 0.897. The second kappa shape index (κ2) is 6.22. The summed E-state index contributed by atoms with van der Waals surface area (Å²) in [6, 6.07) is -0.0380. The van der Waals surface area contributed by atoms with Crippen LogP contribution in [-0.2, 0) is 4.79 Å². The number of nitrogens with two attached hydrogens (primary N) is 1. The minimum atomic E-state index is -0.368.